The predicted octanol–water partition coefficient (Wildman–Crippen LogP) is 3.80. The molecule has 0 aliphatic heterocycles. The highest BCUT2D eigenvalue weighted by atomic mass is 16.2. The summed E-state index contributed by atoms with van der Waals surface area (Å²) in [5.74, 6) is 0.310. The number of hydrogen-bond donors (Lipinski definition) is 1. The van der Waals surface area contributed by atoms with Crippen molar-refractivity contribution in [2.75, 3.05) is 5.32 Å². The molecule has 1 aromatic carbocycles. The van der Waals surface area contributed by atoms with E-state index in [9.17, 15) is 9.59 Å². The van der Waals surface area contributed by atoms with E-state index in [2.05, 4.69) is 24.1 Å². The van der Waals surface area contributed by atoms with Gasteiger partial charge in [0, 0.05) is 31.0 Å². The number of pyridine rings is 1. The molecule has 28 heavy (non-hydrogen) atoms. The van der Waals surface area contributed by atoms with Crippen LogP contribution >= 0.6 is 0 Å². The van der Waals surface area contributed by atoms with Crippen LogP contribution in [0.25, 0.3) is 16.7 Å². The van der Waals surface area contributed by atoms with Crippen LogP contribution in [0, 0.1) is 0 Å². The van der Waals surface area contributed by atoms with Crippen molar-refractivity contribution in [3.8, 4) is 0 Å². The van der Waals surface area contributed by atoms with Gasteiger partial charge in [-0.2, -0.15) is 0 Å². The van der Waals surface area contributed by atoms with Crippen molar-refractivity contribution in [2.24, 2.45) is 0 Å². The highest BCUT2D eigenvalue weighted by Gasteiger charge is 2.12. The van der Waals surface area contributed by atoms with E-state index in [4.69, 9.17) is 0 Å². The van der Waals surface area contributed by atoms with E-state index in [0.717, 1.165) is 11.2 Å². The number of hydrogen-bond acceptors (Lipinski definition) is 3. The minimum Gasteiger partial charge on any atom is -0.326 e. The van der Waals surface area contributed by atoms with Crippen LogP contribution in [0.3, 0.4) is 0 Å². The molecule has 0 unspecified atom stereocenters. The van der Waals surface area contributed by atoms with Gasteiger partial charge in [-0.1, -0.05) is 26.0 Å². The van der Waals surface area contributed by atoms with Crippen molar-refractivity contribution in [3.05, 3.63) is 76.8 Å². The van der Waals surface area contributed by atoms with E-state index in [0.29, 0.717) is 17.1 Å². The molecule has 0 spiro atoms. The van der Waals surface area contributed by atoms with Gasteiger partial charge in [0.1, 0.15) is 5.52 Å². The van der Waals surface area contributed by atoms with Crippen LogP contribution in [0.1, 0.15) is 31.7 Å². The Labute approximate surface area is 162 Å². The summed E-state index contributed by atoms with van der Waals surface area (Å²) in [7, 11) is 0. The number of rotatable bonds is 5. The molecule has 0 atom stereocenters. The molecule has 6 heteroatoms. The topological polar surface area (TPSA) is 68.4 Å². The maximum absolute atomic E-state index is 12.8. The molecule has 6 nitrogen and oxygen atoms in total. The lowest BCUT2D eigenvalue weighted by atomic mass is 10.0. The van der Waals surface area contributed by atoms with Crippen molar-refractivity contribution in [2.45, 2.75) is 32.7 Å². The lowest BCUT2D eigenvalue weighted by molar-refractivity contribution is -0.116. The number of aryl methyl sites for hydroxylation is 1. The van der Waals surface area contributed by atoms with Crippen LogP contribution in [0.5, 0.6) is 0 Å². The van der Waals surface area contributed by atoms with Gasteiger partial charge in [-0.25, -0.2) is 4.98 Å². The summed E-state index contributed by atoms with van der Waals surface area (Å²) in [4.78, 5) is 29.6. The monoisotopic (exact) mass is 374 g/mol. The van der Waals surface area contributed by atoms with E-state index in [1.165, 1.54) is 5.56 Å². The SMILES string of the molecule is CC(C)c1ccc(NC(=O)CCn2c(=O)c3cccn3c3cccnc32)cc1. The number of carbonyl (C=O) groups is 1. The maximum atomic E-state index is 12.8. The van der Waals surface area contributed by atoms with Crippen LogP contribution < -0.4 is 10.9 Å². The summed E-state index contributed by atoms with van der Waals surface area (Å²) < 4.78 is 3.41. The molecule has 0 saturated heterocycles. The molecule has 0 bridgehead atoms. The molecule has 1 amide bonds. The predicted molar refractivity (Wildman–Crippen MR) is 111 cm³/mol. The third-order valence-corrected chi connectivity index (χ3v) is 4.92. The summed E-state index contributed by atoms with van der Waals surface area (Å²) in [6, 6.07) is 15.2. The quantitative estimate of drug-likeness (QED) is 0.578. The Morgan fingerprint density at radius 2 is 1.82 bits per heavy atom. The van der Waals surface area contributed by atoms with Gasteiger partial charge in [0.15, 0.2) is 5.65 Å². The van der Waals surface area contributed by atoms with Crippen LogP contribution in [0.2, 0.25) is 0 Å². The zero-order valence-electron chi connectivity index (χ0n) is 15.9. The lowest BCUT2D eigenvalue weighted by Crippen LogP contribution is -2.25. The summed E-state index contributed by atoms with van der Waals surface area (Å²) >= 11 is 0. The minimum absolute atomic E-state index is 0.136. The van der Waals surface area contributed by atoms with E-state index in [1.54, 1.807) is 16.8 Å². The maximum Gasteiger partial charge on any atom is 0.276 e. The van der Waals surface area contributed by atoms with Gasteiger partial charge in [-0.05, 0) is 47.9 Å². The summed E-state index contributed by atoms with van der Waals surface area (Å²) in [6.07, 6.45) is 3.69. The van der Waals surface area contributed by atoms with Gasteiger partial charge in [0.25, 0.3) is 5.56 Å². The summed E-state index contributed by atoms with van der Waals surface area (Å²) in [6.45, 7) is 4.53. The molecule has 0 saturated carbocycles. The van der Waals surface area contributed by atoms with E-state index in [-0.39, 0.29) is 24.4 Å². The first-order chi connectivity index (χ1) is 13.5. The fraction of sp³-hybridized carbons (Fsp3) is 0.227. The zero-order chi connectivity index (χ0) is 19.7. The Balaban J connectivity index is 1.55. The molecule has 142 valence electrons. The molecule has 4 aromatic rings. The second-order valence-electron chi connectivity index (χ2n) is 7.14. The third kappa shape index (κ3) is 3.29. The molecule has 0 fully saturated rings. The summed E-state index contributed by atoms with van der Waals surface area (Å²) in [5.41, 5.74) is 3.82. The molecule has 0 aliphatic carbocycles. The Bertz CT molecular complexity index is 1200. The number of nitrogens with zero attached hydrogens (tertiary/aromatic N) is 3. The smallest absolute Gasteiger partial charge is 0.276 e. The summed E-state index contributed by atoms with van der Waals surface area (Å²) in [5, 5.41) is 2.90. The number of carbonyl (C=O) groups excluding carboxylic acids is 1. The third-order valence-electron chi connectivity index (χ3n) is 4.92. The van der Waals surface area contributed by atoms with Crippen molar-refractivity contribution in [1.82, 2.24) is 14.0 Å². The van der Waals surface area contributed by atoms with Crippen molar-refractivity contribution < 1.29 is 4.79 Å². The number of fused-ring (bicyclic) bond motifs is 3. The second-order valence-corrected chi connectivity index (χ2v) is 7.14. The number of nitrogens with one attached hydrogen (secondary N) is 1. The molecule has 0 aliphatic rings. The molecular weight excluding hydrogens is 352 g/mol. The number of benzene rings is 1. The highest BCUT2D eigenvalue weighted by Crippen LogP contribution is 2.17. The number of anilines is 1. The van der Waals surface area contributed by atoms with Crippen LogP contribution in [0.4, 0.5) is 5.69 Å². The van der Waals surface area contributed by atoms with Gasteiger partial charge < -0.3 is 9.72 Å². The van der Waals surface area contributed by atoms with Crippen molar-refractivity contribution in [3.63, 3.8) is 0 Å². The van der Waals surface area contributed by atoms with Gasteiger partial charge in [-0.3, -0.25) is 14.2 Å². The first-order valence-corrected chi connectivity index (χ1v) is 9.39. The zero-order valence-corrected chi connectivity index (χ0v) is 15.9. The van der Waals surface area contributed by atoms with E-state index in [1.807, 2.05) is 53.1 Å². The second kappa shape index (κ2) is 7.31. The average molecular weight is 374 g/mol. The number of aromatic nitrogens is 3. The first kappa shape index (κ1) is 18.0. The highest BCUT2D eigenvalue weighted by molar-refractivity contribution is 5.90. The standard InChI is InChI=1S/C22H22N4O2/c1-15(2)16-7-9-17(10-8-16)24-20(27)11-14-26-21-18(5-3-12-23-21)25-13-4-6-19(25)22(26)28/h3-10,12-13,15H,11,14H2,1-2H3,(H,24,27). The lowest BCUT2D eigenvalue weighted by Gasteiger charge is -2.12. The van der Waals surface area contributed by atoms with E-state index < -0.39 is 0 Å². The van der Waals surface area contributed by atoms with Gasteiger partial charge in [-0.15, -0.1) is 0 Å². The molecule has 0 radical (unpaired) electrons. The molecule has 4 rings (SSSR count). The van der Waals surface area contributed by atoms with Gasteiger partial charge >= 0.3 is 0 Å². The normalized spacial score (nSPS) is 11.4. The minimum atomic E-state index is -0.148. The molecule has 3 heterocycles. The Hall–Kier alpha value is -3.41. The Morgan fingerprint density at radius 3 is 2.57 bits per heavy atom. The van der Waals surface area contributed by atoms with Gasteiger partial charge in [0.05, 0.1) is 5.52 Å². The van der Waals surface area contributed by atoms with Crippen molar-refractivity contribution in [1.29, 1.82) is 0 Å². The molecule has 1 N–H and O–H groups in total. The largest absolute Gasteiger partial charge is 0.326 e. The number of amides is 1. The van der Waals surface area contributed by atoms with Crippen molar-refractivity contribution >= 4 is 28.3 Å². The van der Waals surface area contributed by atoms with Crippen LogP contribution in [-0.2, 0) is 11.3 Å². The van der Waals surface area contributed by atoms with E-state index >= 15 is 0 Å². The molecule has 3 aromatic heterocycles. The van der Waals surface area contributed by atoms with Crippen LogP contribution in [0.15, 0.2) is 65.7 Å². The fourth-order valence-electron chi connectivity index (χ4n) is 3.38. The van der Waals surface area contributed by atoms with Crippen LogP contribution in [-0.4, -0.2) is 19.9 Å². The first-order valence-electron chi connectivity index (χ1n) is 9.39. The average Bonchev–Trinajstić information content (AvgIpc) is 3.19. The Kier molecular flexibility index (Phi) is 4.69. The Morgan fingerprint density at radius 1 is 1.07 bits per heavy atom. The van der Waals surface area contributed by atoms with Gasteiger partial charge in [0.2, 0.25) is 5.91 Å². The fourth-order valence-corrected chi connectivity index (χ4v) is 3.38. The molecular formula is C22H22N4O2.